The molecule has 20 heavy (non-hydrogen) atoms. The molecule has 0 heterocycles. The Balaban J connectivity index is 2.53. The summed E-state index contributed by atoms with van der Waals surface area (Å²) in [5.74, 6) is 0. The summed E-state index contributed by atoms with van der Waals surface area (Å²) in [5, 5.41) is 13.3. The Morgan fingerprint density at radius 1 is 1.45 bits per heavy atom. The number of benzene rings is 1. The normalized spacial score (nSPS) is 10.9. The van der Waals surface area contributed by atoms with Gasteiger partial charge in [0.15, 0.2) is 0 Å². The summed E-state index contributed by atoms with van der Waals surface area (Å²) in [6, 6.07) is 4.59. The molecule has 7 nitrogen and oxygen atoms in total. The molecule has 0 saturated heterocycles. The van der Waals surface area contributed by atoms with Crippen LogP contribution in [0.5, 0.6) is 0 Å². The molecular weight excluding hydrogens is 262 g/mol. The van der Waals surface area contributed by atoms with Crippen LogP contribution in [0.15, 0.2) is 18.2 Å². The van der Waals surface area contributed by atoms with Gasteiger partial charge in [-0.15, -0.1) is 0 Å². The van der Waals surface area contributed by atoms with E-state index in [9.17, 15) is 14.9 Å². The minimum Gasteiger partial charge on any atom is -0.444 e. The molecule has 0 aliphatic rings. The van der Waals surface area contributed by atoms with Crippen molar-refractivity contribution in [2.75, 3.05) is 12.3 Å². The van der Waals surface area contributed by atoms with Crippen molar-refractivity contribution in [3.05, 3.63) is 33.9 Å². The number of amides is 1. The monoisotopic (exact) mass is 281 g/mol. The van der Waals surface area contributed by atoms with Gasteiger partial charge in [-0.2, -0.15) is 0 Å². The Morgan fingerprint density at radius 3 is 2.65 bits per heavy atom. The topological polar surface area (TPSA) is 107 Å². The van der Waals surface area contributed by atoms with Crippen molar-refractivity contribution in [3.8, 4) is 0 Å². The van der Waals surface area contributed by atoms with Gasteiger partial charge < -0.3 is 15.8 Å². The molecule has 1 aromatic rings. The zero-order chi connectivity index (χ0) is 15.3. The molecule has 0 bridgehead atoms. The Labute approximate surface area is 117 Å². The maximum atomic E-state index is 11.4. The van der Waals surface area contributed by atoms with Gasteiger partial charge in [-0.25, -0.2) is 4.79 Å². The first-order valence-corrected chi connectivity index (χ1v) is 6.18. The van der Waals surface area contributed by atoms with E-state index in [2.05, 4.69) is 5.32 Å². The van der Waals surface area contributed by atoms with Gasteiger partial charge in [-0.3, -0.25) is 10.1 Å². The molecule has 110 valence electrons. The van der Waals surface area contributed by atoms with Gasteiger partial charge in [0.25, 0.3) is 5.69 Å². The number of nitrogen functional groups attached to an aromatic ring is 1. The van der Waals surface area contributed by atoms with Gasteiger partial charge in [0.2, 0.25) is 0 Å². The zero-order valence-corrected chi connectivity index (χ0v) is 11.8. The highest BCUT2D eigenvalue weighted by Gasteiger charge is 2.16. The molecule has 0 saturated carbocycles. The second-order valence-corrected chi connectivity index (χ2v) is 5.33. The van der Waals surface area contributed by atoms with E-state index < -0.39 is 16.6 Å². The number of carbonyl (C=O) groups is 1. The third-order valence-electron chi connectivity index (χ3n) is 2.37. The van der Waals surface area contributed by atoms with Crippen molar-refractivity contribution >= 4 is 17.5 Å². The van der Waals surface area contributed by atoms with Gasteiger partial charge >= 0.3 is 6.09 Å². The minimum absolute atomic E-state index is 0.124. The summed E-state index contributed by atoms with van der Waals surface area (Å²) < 4.78 is 5.08. The number of ether oxygens (including phenoxy) is 1. The van der Waals surface area contributed by atoms with Gasteiger partial charge in [-0.05, 0) is 38.8 Å². The predicted octanol–water partition coefficient (Wildman–Crippen LogP) is 2.24. The van der Waals surface area contributed by atoms with Crippen LogP contribution in [0.4, 0.5) is 16.2 Å². The number of nitrogens with one attached hydrogen (secondary N) is 1. The van der Waals surface area contributed by atoms with E-state index in [-0.39, 0.29) is 11.4 Å². The van der Waals surface area contributed by atoms with Crippen LogP contribution in [0.1, 0.15) is 26.3 Å². The number of anilines is 1. The van der Waals surface area contributed by atoms with E-state index in [1.165, 1.54) is 12.1 Å². The number of nitrogens with zero attached hydrogens (tertiary/aromatic N) is 1. The molecule has 0 aliphatic heterocycles. The lowest BCUT2D eigenvalue weighted by molar-refractivity contribution is -0.384. The first-order chi connectivity index (χ1) is 9.19. The van der Waals surface area contributed by atoms with E-state index in [0.717, 1.165) is 5.56 Å². The van der Waals surface area contributed by atoms with E-state index in [1.807, 2.05) is 0 Å². The number of carbonyl (C=O) groups excluding carboxylic acids is 1. The van der Waals surface area contributed by atoms with Crippen LogP contribution in [0, 0.1) is 10.1 Å². The number of hydrogen-bond acceptors (Lipinski definition) is 5. The fourth-order valence-corrected chi connectivity index (χ4v) is 1.53. The molecule has 0 spiro atoms. The summed E-state index contributed by atoms with van der Waals surface area (Å²) in [4.78, 5) is 21.6. The second-order valence-electron chi connectivity index (χ2n) is 5.33. The molecule has 1 aromatic carbocycles. The average molecular weight is 281 g/mol. The van der Waals surface area contributed by atoms with Crippen LogP contribution in [0.2, 0.25) is 0 Å². The highest BCUT2D eigenvalue weighted by Crippen LogP contribution is 2.22. The lowest BCUT2D eigenvalue weighted by Crippen LogP contribution is -2.33. The van der Waals surface area contributed by atoms with Crippen molar-refractivity contribution < 1.29 is 14.5 Å². The highest BCUT2D eigenvalue weighted by atomic mass is 16.6. The fourth-order valence-electron chi connectivity index (χ4n) is 1.53. The van der Waals surface area contributed by atoms with E-state index in [1.54, 1.807) is 26.8 Å². The summed E-state index contributed by atoms with van der Waals surface area (Å²) in [5.41, 5.74) is 5.68. The van der Waals surface area contributed by atoms with Crippen LogP contribution in [-0.2, 0) is 11.2 Å². The van der Waals surface area contributed by atoms with Crippen molar-refractivity contribution in [3.63, 3.8) is 0 Å². The number of nitro benzene ring substituents is 1. The smallest absolute Gasteiger partial charge is 0.407 e. The number of hydrogen-bond donors (Lipinski definition) is 2. The van der Waals surface area contributed by atoms with Crippen molar-refractivity contribution in [2.45, 2.75) is 32.8 Å². The predicted molar refractivity (Wildman–Crippen MR) is 75.4 cm³/mol. The molecule has 1 amide bonds. The van der Waals surface area contributed by atoms with Crippen molar-refractivity contribution in [2.24, 2.45) is 0 Å². The molecule has 0 radical (unpaired) electrons. The van der Waals surface area contributed by atoms with Crippen LogP contribution in [-0.4, -0.2) is 23.2 Å². The molecule has 3 N–H and O–H groups in total. The molecule has 0 fully saturated rings. The van der Waals surface area contributed by atoms with Gasteiger partial charge in [0.05, 0.1) is 4.92 Å². The second kappa shape index (κ2) is 6.23. The van der Waals surface area contributed by atoms with E-state index >= 15 is 0 Å². The lowest BCUT2D eigenvalue weighted by atomic mass is 10.1. The van der Waals surface area contributed by atoms with Gasteiger partial charge in [0, 0.05) is 12.6 Å². The van der Waals surface area contributed by atoms with Crippen molar-refractivity contribution in [1.29, 1.82) is 0 Å². The number of nitrogens with two attached hydrogens (primary N) is 1. The highest BCUT2D eigenvalue weighted by molar-refractivity contribution is 5.67. The van der Waals surface area contributed by atoms with Gasteiger partial charge in [0.1, 0.15) is 11.3 Å². The van der Waals surface area contributed by atoms with E-state index in [4.69, 9.17) is 10.5 Å². The Kier molecular flexibility index (Phi) is 4.90. The van der Waals surface area contributed by atoms with Gasteiger partial charge in [-0.1, -0.05) is 6.07 Å². The number of alkyl carbamates (subject to hydrolysis) is 1. The van der Waals surface area contributed by atoms with E-state index in [0.29, 0.717) is 13.0 Å². The Morgan fingerprint density at radius 2 is 2.10 bits per heavy atom. The first-order valence-electron chi connectivity index (χ1n) is 6.18. The third-order valence-corrected chi connectivity index (χ3v) is 2.37. The maximum absolute atomic E-state index is 11.4. The quantitative estimate of drug-likeness (QED) is 0.500. The summed E-state index contributed by atoms with van der Waals surface area (Å²) in [7, 11) is 0. The van der Waals surface area contributed by atoms with Crippen molar-refractivity contribution in [1.82, 2.24) is 5.32 Å². The standard InChI is InChI=1S/C13H19N3O4/c1-13(2,3)20-12(17)15-7-6-9-4-5-10(14)11(8-9)16(18)19/h4-5,8H,6-7,14H2,1-3H3,(H,15,17). The minimum atomic E-state index is -0.552. The van der Waals surface area contributed by atoms with Crippen LogP contribution < -0.4 is 11.1 Å². The average Bonchev–Trinajstić information content (AvgIpc) is 2.28. The maximum Gasteiger partial charge on any atom is 0.407 e. The third kappa shape index (κ3) is 5.13. The Hall–Kier alpha value is -2.31. The van der Waals surface area contributed by atoms with Crippen LogP contribution >= 0.6 is 0 Å². The fraction of sp³-hybridized carbons (Fsp3) is 0.462. The largest absolute Gasteiger partial charge is 0.444 e. The summed E-state index contributed by atoms with van der Waals surface area (Å²) in [6.07, 6.45) is -0.0529. The molecule has 0 aliphatic carbocycles. The Bertz CT molecular complexity index is 509. The molecule has 7 heteroatoms. The molecule has 0 unspecified atom stereocenters. The number of nitro groups is 1. The molecule has 1 rings (SSSR count). The molecule has 0 aromatic heterocycles. The molecule has 0 atom stereocenters. The SMILES string of the molecule is CC(C)(C)OC(=O)NCCc1ccc(N)c([N+](=O)[O-])c1. The molecular formula is C13H19N3O4. The number of rotatable bonds is 4. The summed E-state index contributed by atoms with van der Waals surface area (Å²) >= 11 is 0. The zero-order valence-electron chi connectivity index (χ0n) is 11.8. The van der Waals surface area contributed by atoms with Crippen LogP contribution in [0.3, 0.4) is 0 Å². The van der Waals surface area contributed by atoms with Crippen LogP contribution in [0.25, 0.3) is 0 Å². The summed E-state index contributed by atoms with van der Waals surface area (Å²) in [6.45, 7) is 5.65. The first kappa shape index (κ1) is 15.7. The lowest BCUT2D eigenvalue weighted by Gasteiger charge is -2.19.